The zero-order valence-electron chi connectivity index (χ0n) is 6.90. The van der Waals surface area contributed by atoms with Crippen LogP contribution in [0.1, 0.15) is 0 Å². The predicted molar refractivity (Wildman–Crippen MR) is 54.8 cm³/mol. The fourth-order valence-corrected chi connectivity index (χ4v) is 2.16. The number of hydrogen-bond donors (Lipinski definition) is 0. The van der Waals surface area contributed by atoms with Crippen molar-refractivity contribution in [3.05, 3.63) is 32.5 Å². The van der Waals surface area contributed by atoms with E-state index in [0.717, 1.165) is 12.1 Å². The molecule has 0 bridgehead atoms. The molecule has 0 aromatic heterocycles. The first-order valence-electron chi connectivity index (χ1n) is 3.46. The van der Waals surface area contributed by atoms with E-state index in [0.29, 0.717) is 0 Å². The second-order valence-electron chi connectivity index (χ2n) is 2.40. The molecule has 0 aliphatic heterocycles. The molecule has 0 saturated heterocycles. The van der Waals surface area contributed by atoms with Gasteiger partial charge in [0.25, 0.3) is 0 Å². The smallest absolute Gasteiger partial charge is 0.406 e. The molecular formula is C8H2Br2F3NO. The standard InChI is InChI=1S/C8H2Br2F3NO/c1-14-7-5(9)2-4(3-6(7)10)15-8(11,12)13/h2-3H. The summed E-state index contributed by atoms with van der Waals surface area (Å²) in [6, 6.07) is 2.18. The molecule has 0 aliphatic rings. The number of benzene rings is 1. The topological polar surface area (TPSA) is 13.6 Å². The van der Waals surface area contributed by atoms with Gasteiger partial charge in [0.05, 0.1) is 6.57 Å². The normalized spacial score (nSPS) is 10.9. The van der Waals surface area contributed by atoms with Crippen molar-refractivity contribution >= 4 is 37.5 Å². The van der Waals surface area contributed by atoms with Gasteiger partial charge in [0.1, 0.15) is 5.75 Å². The first-order valence-corrected chi connectivity index (χ1v) is 5.04. The fourth-order valence-electron chi connectivity index (χ4n) is 0.842. The van der Waals surface area contributed by atoms with Crippen LogP contribution in [0.5, 0.6) is 5.75 Å². The summed E-state index contributed by atoms with van der Waals surface area (Å²) in [5.74, 6) is -0.381. The van der Waals surface area contributed by atoms with Crippen LogP contribution in [0.15, 0.2) is 21.1 Å². The lowest BCUT2D eigenvalue weighted by molar-refractivity contribution is -0.274. The monoisotopic (exact) mass is 343 g/mol. The Labute approximate surface area is 100 Å². The Hall–Kier alpha value is -0.740. The van der Waals surface area contributed by atoms with Crippen molar-refractivity contribution in [2.75, 3.05) is 0 Å². The average molecular weight is 345 g/mol. The summed E-state index contributed by atoms with van der Waals surface area (Å²) in [6.07, 6.45) is -4.74. The zero-order chi connectivity index (χ0) is 11.6. The summed E-state index contributed by atoms with van der Waals surface area (Å²) in [5, 5.41) is 0. The highest BCUT2D eigenvalue weighted by atomic mass is 79.9. The fraction of sp³-hybridized carbons (Fsp3) is 0.125. The van der Waals surface area contributed by atoms with Crippen LogP contribution >= 0.6 is 31.9 Å². The third kappa shape index (κ3) is 3.39. The number of nitrogens with zero attached hydrogens (tertiary/aromatic N) is 1. The van der Waals surface area contributed by atoms with Gasteiger partial charge >= 0.3 is 6.36 Å². The minimum Gasteiger partial charge on any atom is -0.406 e. The Balaban J connectivity index is 3.11. The molecule has 0 unspecified atom stereocenters. The van der Waals surface area contributed by atoms with Gasteiger partial charge in [-0.15, -0.1) is 13.2 Å². The quantitative estimate of drug-likeness (QED) is 0.675. The van der Waals surface area contributed by atoms with Gasteiger partial charge in [-0.05, 0) is 12.1 Å². The van der Waals surface area contributed by atoms with Crippen molar-refractivity contribution in [3.63, 3.8) is 0 Å². The molecule has 0 aliphatic carbocycles. The van der Waals surface area contributed by atoms with Crippen LogP contribution in [-0.4, -0.2) is 6.36 Å². The molecule has 0 N–H and O–H groups in total. The molecule has 0 heterocycles. The maximum Gasteiger partial charge on any atom is 0.573 e. The van der Waals surface area contributed by atoms with Gasteiger partial charge in [0.15, 0.2) is 0 Å². The second-order valence-corrected chi connectivity index (χ2v) is 4.10. The minimum absolute atomic E-state index is 0.199. The van der Waals surface area contributed by atoms with Crippen molar-refractivity contribution in [3.8, 4) is 5.75 Å². The third-order valence-corrected chi connectivity index (χ3v) is 2.54. The highest BCUT2D eigenvalue weighted by Gasteiger charge is 2.31. The maximum atomic E-state index is 11.9. The Bertz CT molecular complexity index is 402. The molecule has 7 heteroatoms. The van der Waals surface area contributed by atoms with E-state index >= 15 is 0 Å². The van der Waals surface area contributed by atoms with Gasteiger partial charge in [-0.3, -0.25) is 0 Å². The van der Waals surface area contributed by atoms with E-state index < -0.39 is 6.36 Å². The first kappa shape index (κ1) is 12.3. The van der Waals surface area contributed by atoms with Gasteiger partial charge in [0, 0.05) is 8.95 Å². The van der Waals surface area contributed by atoms with E-state index in [2.05, 4.69) is 41.4 Å². The molecule has 1 aromatic rings. The maximum absolute atomic E-state index is 11.9. The van der Waals surface area contributed by atoms with Crippen LogP contribution in [0, 0.1) is 6.57 Å². The minimum atomic E-state index is -4.74. The summed E-state index contributed by atoms with van der Waals surface area (Å²) in [6.45, 7) is 6.78. The van der Waals surface area contributed by atoms with E-state index in [1.807, 2.05) is 0 Å². The van der Waals surface area contributed by atoms with E-state index in [-0.39, 0.29) is 20.4 Å². The Morgan fingerprint density at radius 1 is 1.20 bits per heavy atom. The van der Waals surface area contributed by atoms with E-state index in [1.54, 1.807) is 0 Å². The molecule has 0 spiro atoms. The summed E-state index contributed by atoms with van der Waals surface area (Å²) in [7, 11) is 0. The van der Waals surface area contributed by atoms with Gasteiger partial charge in [-0.2, -0.15) is 0 Å². The lowest BCUT2D eigenvalue weighted by atomic mass is 10.3. The Morgan fingerprint density at radius 3 is 2.00 bits per heavy atom. The van der Waals surface area contributed by atoms with Crippen LogP contribution < -0.4 is 4.74 Å². The summed E-state index contributed by atoms with van der Waals surface area (Å²) < 4.78 is 39.8. The molecule has 0 saturated carbocycles. The van der Waals surface area contributed by atoms with Crippen LogP contribution in [0.25, 0.3) is 4.85 Å². The number of alkyl halides is 3. The summed E-state index contributed by atoms with van der Waals surface area (Å²) >= 11 is 5.95. The molecule has 1 rings (SSSR count). The van der Waals surface area contributed by atoms with Gasteiger partial charge < -0.3 is 4.74 Å². The molecular weight excluding hydrogens is 343 g/mol. The lowest BCUT2D eigenvalue weighted by Gasteiger charge is -2.10. The average Bonchev–Trinajstić information content (AvgIpc) is 1.99. The number of ether oxygens (including phenoxy) is 1. The van der Waals surface area contributed by atoms with Crippen LogP contribution in [0.2, 0.25) is 0 Å². The second kappa shape index (κ2) is 4.41. The van der Waals surface area contributed by atoms with Gasteiger partial charge in [-0.1, -0.05) is 31.9 Å². The van der Waals surface area contributed by atoms with E-state index in [9.17, 15) is 13.2 Å². The number of halogens is 5. The Kier molecular flexibility index (Phi) is 3.62. The van der Waals surface area contributed by atoms with Crippen LogP contribution in [0.4, 0.5) is 18.9 Å². The largest absolute Gasteiger partial charge is 0.573 e. The van der Waals surface area contributed by atoms with E-state index in [1.165, 1.54) is 0 Å². The zero-order valence-corrected chi connectivity index (χ0v) is 10.1. The van der Waals surface area contributed by atoms with Crippen molar-refractivity contribution in [2.24, 2.45) is 0 Å². The molecule has 0 fully saturated rings. The molecule has 0 amide bonds. The summed E-state index contributed by atoms with van der Waals surface area (Å²) in [5.41, 5.74) is 0.199. The van der Waals surface area contributed by atoms with Crippen molar-refractivity contribution in [1.82, 2.24) is 0 Å². The number of hydrogen-bond acceptors (Lipinski definition) is 1. The highest BCUT2D eigenvalue weighted by molar-refractivity contribution is 9.11. The van der Waals surface area contributed by atoms with Crippen molar-refractivity contribution in [1.29, 1.82) is 0 Å². The SMILES string of the molecule is [C-]#[N+]c1c(Br)cc(OC(F)(F)F)cc1Br. The van der Waals surface area contributed by atoms with Crippen LogP contribution in [-0.2, 0) is 0 Å². The summed E-state index contributed by atoms with van der Waals surface area (Å²) in [4.78, 5) is 3.13. The first-order chi connectivity index (χ1) is 6.83. The van der Waals surface area contributed by atoms with Crippen molar-refractivity contribution in [2.45, 2.75) is 6.36 Å². The molecule has 0 atom stereocenters. The third-order valence-electron chi connectivity index (χ3n) is 1.34. The van der Waals surface area contributed by atoms with E-state index in [4.69, 9.17) is 6.57 Å². The Morgan fingerprint density at radius 2 is 1.67 bits per heavy atom. The molecule has 80 valence electrons. The molecule has 15 heavy (non-hydrogen) atoms. The molecule has 0 radical (unpaired) electrons. The van der Waals surface area contributed by atoms with Crippen LogP contribution in [0.3, 0.4) is 0 Å². The van der Waals surface area contributed by atoms with Gasteiger partial charge in [-0.25, -0.2) is 4.85 Å². The lowest BCUT2D eigenvalue weighted by Crippen LogP contribution is -2.17. The predicted octanol–water partition coefficient (Wildman–Crippen LogP) is 4.66. The molecule has 1 aromatic carbocycles. The van der Waals surface area contributed by atoms with Crippen molar-refractivity contribution < 1.29 is 17.9 Å². The highest BCUT2D eigenvalue weighted by Crippen LogP contribution is 2.38. The van der Waals surface area contributed by atoms with Gasteiger partial charge in [0.2, 0.25) is 5.69 Å². The number of rotatable bonds is 1. The molecule has 2 nitrogen and oxygen atoms in total.